The number of methoxy groups -OCH3 is 1. The lowest BCUT2D eigenvalue weighted by molar-refractivity contribution is -0.0499. The van der Waals surface area contributed by atoms with Gasteiger partial charge in [0.05, 0.1) is 29.0 Å². The molecule has 0 aliphatic rings. The van der Waals surface area contributed by atoms with Crippen LogP contribution >= 0.6 is 0 Å². The largest absolute Gasteiger partial charge is 0.492 e. The van der Waals surface area contributed by atoms with E-state index in [1.807, 2.05) is 18.2 Å². The highest BCUT2D eigenvalue weighted by Crippen LogP contribution is 2.26. The maximum absolute atomic E-state index is 12.7. The number of H-pyrrole nitrogens is 1. The molecule has 1 aromatic heterocycles. The molecule has 0 spiro atoms. The summed E-state index contributed by atoms with van der Waals surface area (Å²) >= 11 is 0. The Labute approximate surface area is 217 Å². The average Bonchev–Trinajstić information content (AvgIpc) is 3.30. The zero-order valence-electron chi connectivity index (χ0n) is 20.2. The molecular formula is C25H26F2N4O6S. The molecule has 0 bridgehead atoms. The molecule has 13 heteroatoms. The molecule has 0 aliphatic heterocycles. The molecule has 10 nitrogen and oxygen atoms in total. The van der Waals surface area contributed by atoms with Crippen molar-refractivity contribution in [1.29, 1.82) is 0 Å². The number of hydrogen-bond donors (Lipinski definition) is 4. The highest BCUT2D eigenvalue weighted by atomic mass is 32.2. The van der Waals surface area contributed by atoms with Gasteiger partial charge >= 0.3 is 6.61 Å². The van der Waals surface area contributed by atoms with Crippen molar-refractivity contribution in [3.05, 3.63) is 72.3 Å². The molecule has 0 saturated heterocycles. The third-order valence-electron chi connectivity index (χ3n) is 5.44. The number of rotatable bonds is 13. The van der Waals surface area contributed by atoms with Gasteiger partial charge in [-0.1, -0.05) is 18.2 Å². The third kappa shape index (κ3) is 6.88. The van der Waals surface area contributed by atoms with Gasteiger partial charge in [-0.15, -0.1) is 5.10 Å². The first-order valence-corrected chi connectivity index (χ1v) is 12.9. The zero-order valence-corrected chi connectivity index (χ0v) is 21.0. The summed E-state index contributed by atoms with van der Waals surface area (Å²) in [6.45, 7) is -2.08. The Hall–Kier alpha value is -3.94. The van der Waals surface area contributed by atoms with Crippen LogP contribution in [0.1, 0.15) is 11.7 Å². The second-order valence-corrected chi connectivity index (χ2v) is 9.78. The number of aromatic nitrogens is 2. The summed E-state index contributed by atoms with van der Waals surface area (Å²) in [5, 5.41) is 21.4. The van der Waals surface area contributed by atoms with Crippen molar-refractivity contribution in [1.82, 2.24) is 15.5 Å². The summed E-state index contributed by atoms with van der Waals surface area (Å²) in [6, 6.07) is 16.5. The quantitative estimate of drug-likeness (QED) is 0.186. The predicted molar refractivity (Wildman–Crippen MR) is 136 cm³/mol. The molecule has 0 aliphatic carbocycles. The summed E-state index contributed by atoms with van der Waals surface area (Å²) < 4.78 is 67.9. The van der Waals surface area contributed by atoms with Gasteiger partial charge < -0.3 is 24.6 Å². The molecule has 0 fully saturated rings. The molecule has 38 heavy (non-hydrogen) atoms. The van der Waals surface area contributed by atoms with Crippen molar-refractivity contribution in [3.8, 4) is 17.4 Å². The lowest BCUT2D eigenvalue weighted by Crippen LogP contribution is -2.26. The van der Waals surface area contributed by atoms with Crippen LogP contribution in [-0.4, -0.2) is 57.1 Å². The SMILES string of the molecule is COc1n[nH]c2cc(OCCNC[C@H](O)c3cccc(NS(=O)(=O)c4cccc(OC(F)F)c4)c3)ccc12. The van der Waals surface area contributed by atoms with E-state index in [0.29, 0.717) is 30.3 Å². The number of nitrogens with zero attached hydrogens (tertiary/aromatic N) is 1. The van der Waals surface area contributed by atoms with Crippen LogP contribution in [-0.2, 0) is 10.0 Å². The second kappa shape index (κ2) is 12.1. The Morgan fingerprint density at radius 2 is 1.87 bits per heavy atom. The van der Waals surface area contributed by atoms with Crippen LogP contribution < -0.4 is 24.2 Å². The molecule has 202 valence electrons. The number of nitrogens with one attached hydrogen (secondary N) is 3. The van der Waals surface area contributed by atoms with Gasteiger partial charge in [-0.25, -0.2) is 8.42 Å². The molecule has 1 atom stereocenters. The number of hydrogen-bond acceptors (Lipinski definition) is 8. The lowest BCUT2D eigenvalue weighted by Gasteiger charge is -2.15. The van der Waals surface area contributed by atoms with Gasteiger partial charge in [-0.05, 0) is 42.0 Å². The van der Waals surface area contributed by atoms with Gasteiger partial charge in [0.25, 0.3) is 10.0 Å². The van der Waals surface area contributed by atoms with E-state index in [1.165, 1.54) is 30.3 Å². The average molecular weight is 549 g/mol. The van der Waals surface area contributed by atoms with Crippen molar-refractivity contribution >= 4 is 26.6 Å². The Bertz CT molecular complexity index is 1480. The summed E-state index contributed by atoms with van der Waals surface area (Å²) in [5.41, 5.74) is 1.47. The van der Waals surface area contributed by atoms with Crippen molar-refractivity contribution in [3.63, 3.8) is 0 Å². The van der Waals surface area contributed by atoms with E-state index in [4.69, 9.17) is 9.47 Å². The normalized spacial score (nSPS) is 12.4. The lowest BCUT2D eigenvalue weighted by atomic mass is 10.1. The molecule has 0 amide bonds. The summed E-state index contributed by atoms with van der Waals surface area (Å²) in [7, 11) is -2.53. The summed E-state index contributed by atoms with van der Waals surface area (Å²) in [6.07, 6.45) is -0.920. The molecule has 4 rings (SSSR count). The number of aromatic amines is 1. The van der Waals surface area contributed by atoms with E-state index < -0.39 is 22.7 Å². The minimum Gasteiger partial charge on any atom is -0.492 e. The molecule has 0 radical (unpaired) electrons. The monoisotopic (exact) mass is 548 g/mol. The zero-order chi connectivity index (χ0) is 27.1. The van der Waals surface area contributed by atoms with Crippen LogP contribution in [0.5, 0.6) is 17.4 Å². The van der Waals surface area contributed by atoms with Gasteiger partial charge in [-0.3, -0.25) is 9.82 Å². The van der Waals surface area contributed by atoms with Crippen molar-refractivity contribution in [2.45, 2.75) is 17.6 Å². The molecular weight excluding hydrogens is 522 g/mol. The highest BCUT2D eigenvalue weighted by Gasteiger charge is 2.17. The van der Waals surface area contributed by atoms with Crippen molar-refractivity contribution in [2.24, 2.45) is 0 Å². The van der Waals surface area contributed by atoms with Crippen LogP contribution in [0.3, 0.4) is 0 Å². The number of fused-ring (bicyclic) bond motifs is 1. The minimum atomic E-state index is -4.08. The molecule has 3 aromatic carbocycles. The number of anilines is 1. The number of benzene rings is 3. The second-order valence-electron chi connectivity index (χ2n) is 8.09. The van der Waals surface area contributed by atoms with Crippen LogP contribution in [0.15, 0.2) is 71.6 Å². The smallest absolute Gasteiger partial charge is 0.387 e. The summed E-state index contributed by atoms with van der Waals surface area (Å²) in [5.74, 6) is 0.884. The minimum absolute atomic E-state index is 0.198. The molecule has 0 unspecified atom stereocenters. The number of halogens is 2. The fourth-order valence-electron chi connectivity index (χ4n) is 3.66. The van der Waals surface area contributed by atoms with Gasteiger partial charge in [-0.2, -0.15) is 8.78 Å². The first-order chi connectivity index (χ1) is 18.2. The van der Waals surface area contributed by atoms with E-state index in [2.05, 4.69) is 25.0 Å². The Kier molecular flexibility index (Phi) is 8.61. The topological polar surface area (TPSA) is 135 Å². The number of sulfonamides is 1. The molecule has 4 aromatic rings. The summed E-state index contributed by atoms with van der Waals surface area (Å²) in [4.78, 5) is -0.242. The van der Waals surface area contributed by atoms with E-state index in [9.17, 15) is 22.3 Å². The number of aliphatic hydroxyl groups is 1. The number of alkyl halides is 2. The molecule has 1 heterocycles. The van der Waals surface area contributed by atoms with Crippen LogP contribution in [0.25, 0.3) is 10.9 Å². The fourth-order valence-corrected chi connectivity index (χ4v) is 4.74. The first kappa shape index (κ1) is 27.1. The fraction of sp³-hybridized carbons (Fsp3) is 0.240. The van der Waals surface area contributed by atoms with Crippen molar-refractivity contribution < 1.29 is 36.5 Å². The molecule has 0 saturated carbocycles. The number of ether oxygens (including phenoxy) is 3. The Morgan fingerprint density at radius 3 is 2.66 bits per heavy atom. The predicted octanol–water partition coefficient (Wildman–Crippen LogP) is 3.68. The maximum atomic E-state index is 12.7. The van der Waals surface area contributed by atoms with Gasteiger partial charge in [0, 0.05) is 30.9 Å². The van der Waals surface area contributed by atoms with Gasteiger partial charge in [0.1, 0.15) is 18.1 Å². The van der Waals surface area contributed by atoms with Gasteiger partial charge in [0.15, 0.2) is 0 Å². The Morgan fingerprint density at radius 1 is 1.05 bits per heavy atom. The Balaban J connectivity index is 1.28. The standard InChI is InChI=1S/C25H26F2N4O6S/c1-35-24-21-9-8-18(14-22(21)29-30-24)36-11-10-28-15-23(32)16-4-2-5-17(12-16)31-38(33,34)20-7-3-6-19(13-20)37-25(26)27/h2-9,12-14,23,25,28,31-32H,10-11,15H2,1H3,(H,29,30)/t23-/m0/s1. The van der Waals surface area contributed by atoms with Crippen LogP contribution in [0.2, 0.25) is 0 Å². The first-order valence-electron chi connectivity index (χ1n) is 11.5. The number of aliphatic hydroxyl groups excluding tert-OH is 1. The van der Waals surface area contributed by atoms with Crippen molar-refractivity contribution in [2.75, 3.05) is 31.5 Å². The van der Waals surface area contributed by atoms with E-state index in [1.54, 1.807) is 19.2 Å². The van der Waals surface area contributed by atoms with Gasteiger partial charge in [0.2, 0.25) is 5.88 Å². The molecule has 4 N–H and O–H groups in total. The van der Waals surface area contributed by atoms with E-state index in [0.717, 1.165) is 17.0 Å². The van der Waals surface area contributed by atoms with E-state index in [-0.39, 0.29) is 22.9 Å². The maximum Gasteiger partial charge on any atom is 0.387 e. The third-order valence-corrected chi connectivity index (χ3v) is 6.82. The van der Waals surface area contributed by atoms with Crippen LogP contribution in [0, 0.1) is 0 Å². The highest BCUT2D eigenvalue weighted by molar-refractivity contribution is 7.92. The van der Waals surface area contributed by atoms with E-state index >= 15 is 0 Å². The van der Waals surface area contributed by atoms with Crippen LogP contribution in [0.4, 0.5) is 14.5 Å².